The molecule has 4 nitrogen and oxygen atoms in total. The maximum absolute atomic E-state index is 11.1. The summed E-state index contributed by atoms with van der Waals surface area (Å²) in [6.45, 7) is 6.10. The molecular formula is C11H18BrN3OS. The van der Waals surface area contributed by atoms with E-state index in [9.17, 15) is 4.21 Å². The van der Waals surface area contributed by atoms with E-state index in [0.717, 1.165) is 16.2 Å². The van der Waals surface area contributed by atoms with Gasteiger partial charge in [0.25, 0.3) is 0 Å². The molecule has 0 fully saturated rings. The van der Waals surface area contributed by atoms with E-state index in [0.29, 0.717) is 5.75 Å². The molecule has 0 aromatic carbocycles. The quantitative estimate of drug-likeness (QED) is 0.847. The summed E-state index contributed by atoms with van der Waals surface area (Å²) in [7, 11) is -0.806. The van der Waals surface area contributed by atoms with Gasteiger partial charge in [0.1, 0.15) is 16.2 Å². The monoisotopic (exact) mass is 319 g/mol. The van der Waals surface area contributed by atoms with Crippen molar-refractivity contribution in [3.63, 3.8) is 0 Å². The first-order chi connectivity index (χ1) is 7.88. The Morgan fingerprint density at radius 2 is 2.06 bits per heavy atom. The Balaban J connectivity index is 2.80. The molecule has 1 aromatic heterocycles. The van der Waals surface area contributed by atoms with E-state index < -0.39 is 10.8 Å². The van der Waals surface area contributed by atoms with Crippen molar-refractivity contribution in [2.75, 3.05) is 17.3 Å². The first-order valence-corrected chi connectivity index (χ1v) is 8.01. The van der Waals surface area contributed by atoms with Gasteiger partial charge in [0.2, 0.25) is 0 Å². The molecule has 2 atom stereocenters. The number of anilines is 1. The third-order valence-corrected chi connectivity index (χ3v) is 3.48. The molecule has 0 aliphatic heterocycles. The van der Waals surface area contributed by atoms with Crippen molar-refractivity contribution < 1.29 is 4.21 Å². The normalized spacial score (nSPS) is 14.7. The largest absolute Gasteiger partial charge is 0.367 e. The number of nitrogens with zero attached hydrogens (tertiary/aromatic N) is 2. The highest BCUT2D eigenvalue weighted by molar-refractivity contribution is 9.10. The second-order valence-electron chi connectivity index (χ2n) is 4.37. The maximum Gasteiger partial charge on any atom is 0.134 e. The van der Waals surface area contributed by atoms with E-state index >= 15 is 0 Å². The number of hydrogen-bond donors (Lipinski definition) is 1. The predicted molar refractivity (Wildman–Crippen MR) is 75.8 cm³/mol. The lowest BCUT2D eigenvalue weighted by Gasteiger charge is -2.14. The molecule has 1 N–H and O–H groups in total. The molecule has 0 aliphatic rings. The van der Waals surface area contributed by atoms with Gasteiger partial charge in [-0.05, 0) is 22.9 Å². The van der Waals surface area contributed by atoms with Crippen LogP contribution in [-0.2, 0) is 10.8 Å². The number of aromatic nitrogens is 2. The van der Waals surface area contributed by atoms with Crippen molar-refractivity contribution in [1.29, 1.82) is 0 Å². The van der Waals surface area contributed by atoms with Crippen molar-refractivity contribution in [1.82, 2.24) is 9.97 Å². The zero-order valence-corrected chi connectivity index (χ0v) is 12.9. The smallest absolute Gasteiger partial charge is 0.134 e. The molecule has 96 valence electrons. The lowest BCUT2D eigenvalue weighted by Crippen LogP contribution is -2.23. The number of nitrogens with one attached hydrogen (secondary N) is 1. The van der Waals surface area contributed by atoms with Crippen LogP contribution in [0.5, 0.6) is 0 Å². The zero-order chi connectivity index (χ0) is 13.0. The van der Waals surface area contributed by atoms with Crippen LogP contribution in [-0.4, -0.2) is 32.2 Å². The minimum absolute atomic E-state index is 0.127. The number of halogens is 1. The van der Waals surface area contributed by atoms with Gasteiger partial charge < -0.3 is 5.32 Å². The number of hydrogen-bond acceptors (Lipinski definition) is 4. The molecule has 0 radical (unpaired) electrons. The van der Waals surface area contributed by atoms with Crippen LogP contribution in [0.25, 0.3) is 0 Å². The molecule has 1 rings (SSSR count). The Morgan fingerprint density at radius 1 is 1.41 bits per heavy atom. The minimum Gasteiger partial charge on any atom is -0.367 e. The molecule has 0 bridgehead atoms. The molecule has 0 saturated carbocycles. The van der Waals surface area contributed by atoms with Crippen molar-refractivity contribution >= 4 is 32.5 Å². The minimum atomic E-state index is -0.806. The summed E-state index contributed by atoms with van der Waals surface area (Å²) in [6.07, 6.45) is 1.70. The third kappa shape index (κ3) is 5.12. The van der Waals surface area contributed by atoms with Gasteiger partial charge in [-0.1, -0.05) is 13.8 Å². The second-order valence-corrected chi connectivity index (χ2v) is 6.67. The third-order valence-electron chi connectivity index (χ3n) is 2.11. The molecule has 6 heteroatoms. The van der Waals surface area contributed by atoms with Crippen LogP contribution in [0.15, 0.2) is 10.7 Å². The predicted octanol–water partition coefficient (Wildman–Crippen LogP) is 2.54. The molecule has 17 heavy (non-hydrogen) atoms. The first-order valence-electron chi connectivity index (χ1n) is 5.49. The van der Waals surface area contributed by atoms with Crippen molar-refractivity contribution in [2.24, 2.45) is 0 Å². The van der Waals surface area contributed by atoms with Gasteiger partial charge in [0.15, 0.2) is 0 Å². The fourth-order valence-electron chi connectivity index (χ4n) is 1.41. The van der Waals surface area contributed by atoms with E-state index in [-0.39, 0.29) is 12.0 Å². The Hall–Kier alpha value is -0.490. The van der Waals surface area contributed by atoms with Gasteiger partial charge in [-0.25, -0.2) is 9.97 Å². The number of rotatable bonds is 5. The first kappa shape index (κ1) is 14.6. The summed E-state index contributed by atoms with van der Waals surface area (Å²) < 4.78 is 11.9. The summed E-state index contributed by atoms with van der Waals surface area (Å²) >= 11 is 3.37. The van der Waals surface area contributed by atoms with Gasteiger partial charge in [0, 0.05) is 40.8 Å². The summed E-state index contributed by atoms with van der Waals surface area (Å²) in [5.41, 5.74) is 0. The fraction of sp³-hybridized carbons (Fsp3) is 0.636. The van der Waals surface area contributed by atoms with Crippen LogP contribution < -0.4 is 5.32 Å². The van der Waals surface area contributed by atoms with Gasteiger partial charge >= 0.3 is 0 Å². The van der Waals surface area contributed by atoms with E-state index in [1.807, 2.05) is 13.0 Å². The van der Waals surface area contributed by atoms with Gasteiger partial charge in [-0.3, -0.25) is 4.21 Å². The topological polar surface area (TPSA) is 54.9 Å². The molecule has 0 saturated heterocycles. The van der Waals surface area contributed by atoms with E-state index in [4.69, 9.17) is 0 Å². The highest BCUT2D eigenvalue weighted by Gasteiger charge is 2.09. The summed E-state index contributed by atoms with van der Waals surface area (Å²) in [4.78, 5) is 8.74. The summed E-state index contributed by atoms with van der Waals surface area (Å²) in [5.74, 6) is 2.46. The molecule has 1 heterocycles. The average Bonchev–Trinajstić information content (AvgIpc) is 2.14. The second kappa shape index (κ2) is 6.44. The van der Waals surface area contributed by atoms with Crippen LogP contribution in [0.3, 0.4) is 0 Å². The van der Waals surface area contributed by atoms with E-state index in [1.54, 1.807) is 6.26 Å². The van der Waals surface area contributed by atoms with Crippen LogP contribution in [0, 0.1) is 0 Å². The van der Waals surface area contributed by atoms with E-state index in [2.05, 4.69) is 45.1 Å². The Labute approximate surface area is 113 Å². The van der Waals surface area contributed by atoms with Crippen LogP contribution in [0.1, 0.15) is 32.5 Å². The summed E-state index contributed by atoms with van der Waals surface area (Å²) in [5, 5.41) is 3.24. The SMILES string of the molecule is CC(CS(C)=O)Nc1cc(Br)nc(C(C)C)n1. The molecule has 0 amide bonds. The van der Waals surface area contributed by atoms with Gasteiger partial charge in [0.05, 0.1) is 0 Å². The highest BCUT2D eigenvalue weighted by Crippen LogP contribution is 2.17. The Morgan fingerprint density at radius 3 is 2.59 bits per heavy atom. The summed E-state index contributed by atoms with van der Waals surface area (Å²) in [6, 6.07) is 1.96. The average molecular weight is 320 g/mol. The lowest BCUT2D eigenvalue weighted by molar-refractivity contribution is 0.682. The molecule has 2 unspecified atom stereocenters. The standard InChI is InChI=1S/C11H18BrN3OS/c1-7(2)11-14-9(12)5-10(15-11)13-8(3)6-17(4)16/h5,7-8H,6H2,1-4H3,(H,13,14,15). The van der Waals surface area contributed by atoms with Crippen molar-refractivity contribution in [2.45, 2.75) is 32.7 Å². The fourth-order valence-corrected chi connectivity index (χ4v) is 2.60. The maximum atomic E-state index is 11.1. The van der Waals surface area contributed by atoms with Crippen molar-refractivity contribution in [3.05, 3.63) is 16.5 Å². The van der Waals surface area contributed by atoms with E-state index in [1.165, 1.54) is 0 Å². The molecule has 0 spiro atoms. The van der Waals surface area contributed by atoms with Crippen molar-refractivity contribution in [3.8, 4) is 0 Å². The zero-order valence-electron chi connectivity index (χ0n) is 10.5. The highest BCUT2D eigenvalue weighted by atomic mass is 79.9. The molecular weight excluding hydrogens is 302 g/mol. The lowest BCUT2D eigenvalue weighted by atomic mass is 10.2. The molecule has 1 aromatic rings. The van der Waals surface area contributed by atoms with Crippen LogP contribution in [0.4, 0.5) is 5.82 Å². The Bertz CT molecular complexity index is 412. The van der Waals surface area contributed by atoms with Crippen LogP contribution in [0.2, 0.25) is 0 Å². The van der Waals surface area contributed by atoms with Gasteiger partial charge in [-0.2, -0.15) is 0 Å². The molecule has 0 aliphatic carbocycles. The van der Waals surface area contributed by atoms with Gasteiger partial charge in [-0.15, -0.1) is 0 Å². The van der Waals surface area contributed by atoms with Crippen LogP contribution >= 0.6 is 15.9 Å². The Kier molecular flexibility index (Phi) is 5.52.